The molecule has 9 heteroatoms. The van der Waals surface area contributed by atoms with Crippen LogP contribution in [-0.4, -0.2) is 83.6 Å². The predicted molar refractivity (Wildman–Crippen MR) is 144 cm³/mol. The van der Waals surface area contributed by atoms with Crippen LogP contribution < -0.4 is 4.90 Å². The van der Waals surface area contributed by atoms with Crippen LogP contribution in [0.4, 0.5) is 5.69 Å². The van der Waals surface area contributed by atoms with Gasteiger partial charge in [0.05, 0.1) is 22.0 Å². The van der Waals surface area contributed by atoms with Gasteiger partial charge in [-0.2, -0.15) is 0 Å². The second-order valence-corrected chi connectivity index (χ2v) is 10.2. The lowest BCUT2D eigenvalue weighted by atomic mass is 9.95. The first-order valence-corrected chi connectivity index (χ1v) is 12.7. The van der Waals surface area contributed by atoms with E-state index in [1.54, 1.807) is 0 Å². The van der Waals surface area contributed by atoms with Gasteiger partial charge in [-0.1, -0.05) is 17.7 Å². The number of halogens is 1. The number of carboxylic acid groups (broad SMARTS) is 1. The molecule has 5 rings (SSSR count). The Kier molecular flexibility index (Phi) is 8.16. The largest absolute Gasteiger partial charge is 0.483 e. The van der Waals surface area contributed by atoms with E-state index in [-0.39, 0.29) is 18.3 Å². The number of piperidine rings is 1. The molecule has 2 aromatic carbocycles. The van der Waals surface area contributed by atoms with E-state index >= 15 is 0 Å². The minimum absolute atomic E-state index is 0.0305. The van der Waals surface area contributed by atoms with E-state index < -0.39 is 0 Å². The van der Waals surface area contributed by atoms with E-state index in [1.165, 1.54) is 5.56 Å². The minimum Gasteiger partial charge on any atom is -0.483 e. The molecule has 36 heavy (non-hydrogen) atoms. The van der Waals surface area contributed by atoms with Gasteiger partial charge in [0.15, 0.2) is 0 Å². The fraction of sp³-hybridized carbons (Fsp3) is 0.444. The molecule has 2 aliphatic rings. The summed E-state index contributed by atoms with van der Waals surface area (Å²) in [7, 11) is 4.11. The van der Waals surface area contributed by atoms with Crippen molar-refractivity contribution in [2.24, 2.45) is 5.92 Å². The maximum absolute atomic E-state index is 13.3. The number of likely N-dealkylation sites (tertiary alicyclic amines) is 1. The Balaban J connectivity index is 0.000000967. The smallest absolute Gasteiger partial charge is 0.290 e. The summed E-state index contributed by atoms with van der Waals surface area (Å²) >= 11 is 6.59. The molecule has 0 bridgehead atoms. The second kappa shape index (κ2) is 11.3. The Morgan fingerprint density at radius 3 is 2.69 bits per heavy atom. The van der Waals surface area contributed by atoms with Gasteiger partial charge in [0, 0.05) is 44.0 Å². The van der Waals surface area contributed by atoms with E-state index in [1.807, 2.05) is 24.1 Å². The van der Waals surface area contributed by atoms with Crippen LogP contribution in [0, 0.1) is 12.8 Å². The molecule has 8 nitrogen and oxygen atoms in total. The molecule has 1 aromatic heterocycles. The van der Waals surface area contributed by atoms with E-state index in [0.29, 0.717) is 11.1 Å². The van der Waals surface area contributed by atoms with Crippen LogP contribution in [0.15, 0.2) is 36.4 Å². The molecule has 2 saturated heterocycles. The van der Waals surface area contributed by atoms with Crippen LogP contribution in [0.1, 0.15) is 24.8 Å². The third kappa shape index (κ3) is 5.65. The first-order chi connectivity index (χ1) is 17.3. The Bertz CT molecular complexity index is 1230. The molecule has 192 valence electrons. The molecule has 3 heterocycles. The summed E-state index contributed by atoms with van der Waals surface area (Å²) < 4.78 is 0. The molecule has 1 unspecified atom stereocenters. The van der Waals surface area contributed by atoms with Gasteiger partial charge < -0.3 is 24.8 Å². The number of H-pyrrole nitrogens is 1. The van der Waals surface area contributed by atoms with Gasteiger partial charge in [-0.05, 0) is 75.7 Å². The average molecular weight is 512 g/mol. The summed E-state index contributed by atoms with van der Waals surface area (Å²) in [5.41, 5.74) is 5.11. The zero-order valence-electron chi connectivity index (χ0n) is 21.1. The average Bonchev–Trinajstić information content (AvgIpc) is 3.49. The normalized spacial score (nSPS) is 20.2. The fourth-order valence-corrected chi connectivity index (χ4v) is 5.46. The molecular weight excluding hydrogens is 478 g/mol. The van der Waals surface area contributed by atoms with Gasteiger partial charge in [0.1, 0.15) is 5.82 Å². The van der Waals surface area contributed by atoms with E-state index in [2.05, 4.69) is 53.0 Å². The van der Waals surface area contributed by atoms with Crippen LogP contribution in [0.2, 0.25) is 5.02 Å². The number of fused-ring (bicyclic) bond motifs is 1. The molecule has 0 spiro atoms. The van der Waals surface area contributed by atoms with E-state index in [9.17, 15) is 4.79 Å². The Morgan fingerprint density at radius 1 is 1.19 bits per heavy atom. The van der Waals surface area contributed by atoms with Crippen molar-refractivity contribution in [3.05, 3.63) is 47.0 Å². The van der Waals surface area contributed by atoms with E-state index in [4.69, 9.17) is 26.5 Å². The van der Waals surface area contributed by atoms with Crippen LogP contribution >= 0.6 is 11.6 Å². The standard InChI is InChI=1S/C26H32ClN5O.CH2O2/c1-17-6-9-23-24(13-17)29-25(28-23)21-14-19(7-8-22(21)27)32-11-4-5-18(15-32)26(33)31(3)20-10-12-30(2)16-20;2-1-3/h6-9,13-14,18,20H,4-5,10-12,15-16H2,1-3H3,(H,28,29);1H,(H,2,3)/t18-,20?;/m1./s1. The van der Waals surface area contributed by atoms with Crippen molar-refractivity contribution >= 4 is 40.7 Å². The number of anilines is 1. The number of amides is 1. The predicted octanol–water partition coefficient (Wildman–Crippen LogP) is 4.27. The Hall–Kier alpha value is -3.10. The van der Waals surface area contributed by atoms with Crippen molar-refractivity contribution in [3.63, 3.8) is 0 Å². The van der Waals surface area contributed by atoms with Gasteiger partial charge in [0.2, 0.25) is 5.91 Å². The number of rotatable bonds is 4. The molecule has 2 aliphatic heterocycles. The number of aryl methyl sites for hydroxylation is 1. The van der Waals surface area contributed by atoms with Gasteiger partial charge in [-0.3, -0.25) is 9.59 Å². The first kappa shape index (κ1) is 26.0. The molecule has 0 saturated carbocycles. The van der Waals surface area contributed by atoms with Crippen molar-refractivity contribution < 1.29 is 14.7 Å². The number of likely N-dealkylation sites (N-methyl/N-ethyl adjacent to an activating group) is 2. The Labute approximate surface area is 216 Å². The molecule has 2 atom stereocenters. The SMILES string of the molecule is Cc1ccc2nc(-c3cc(N4CCC[C@@H](C(=O)N(C)C5CCN(C)C5)C4)ccc3Cl)[nH]c2c1.O=CO. The van der Waals surface area contributed by atoms with Crippen LogP contribution in [-0.2, 0) is 9.59 Å². The Morgan fingerprint density at radius 2 is 1.97 bits per heavy atom. The van der Waals surface area contributed by atoms with Gasteiger partial charge >= 0.3 is 0 Å². The summed E-state index contributed by atoms with van der Waals surface area (Å²) in [6, 6.07) is 12.6. The first-order valence-electron chi connectivity index (χ1n) is 12.3. The number of imidazole rings is 1. The molecule has 0 radical (unpaired) electrons. The quantitative estimate of drug-likeness (QED) is 0.508. The number of nitrogens with one attached hydrogen (secondary N) is 1. The highest BCUT2D eigenvalue weighted by Crippen LogP contribution is 2.33. The molecule has 2 fully saturated rings. The van der Waals surface area contributed by atoms with Crippen LogP contribution in [0.25, 0.3) is 22.4 Å². The van der Waals surface area contributed by atoms with Crippen molar-refractivity contribution in [3.8, 4) is 11.4 Å². The zero-order chi connectivity index (χ0) is 25.8. The summed E-state index contributed by atoms with van der Waals surface area (Å²) in [4.78, 5) is 36.5. The summed E-state index contributed by atoms with van der Waals surface area (Å²) in [6.07, 6.45) is 3.02. The third-order valence-corrected chi connectivity index (χ3v) is 7.57. The van der Waals surface area contributed by atoms with Gasteiger partial charge in [-0.15, -0.1) is 0 Å². The number of aromatic amines is 1. The summed E-state index contributed by atoms with van der Waals surface area (Å²) in [5.74, 6) is 1.09. The maximum Gasteiger partial charge on any atom is 0.290 e. The highest BCUT2D eigenvalue weighted by molar-refractivity contribution is 6.33. The number of nitrogens with zero attached hydrogens (tertiary/aromatic N) is 4. The topological polar surface area (TPSA) is 92.8 Å². The number of hydrogen-bond acceptors (Lipinski definition) is 5. The second-order valence-electron chi connectivity index (χ2n) is 9.81. The van der Waals surface area contributed by atoms with E-state index in [0.717, 1.165) is 73.6 Å². The highest BCUT2D eigenvalue weighted by Gasteiger charge is 2.33. The lowest BCUT2D eigenvalue weighted by Gasteiger charge is -2.37. The number of carbonyl (C=O) groups excluding carboxylic acids is 1. The number of aromatic nitrogens is 2. The fourth-order valence-electron chi connectivity index (χ4n) is 5.25. The van der Waals surface area contributed by atoms with Crippen molar-refractivity contribution in [2.75, 3.05) is 45.2 Å². The summed E-state index contributed by atoms with van der Waals surface area (Å²) in [6.45, 7) is 5.54. The minimum atomic E-state index is -0.250. The number of benzene rings is 2. The maximum atomic E-state index is 13.3. The number of hydrogen-bond donors (Lipinski definition) is 2. The number of carbonyl (C=O) groups is 2. The van der Waals surface area contributed by atoms with Crippen molar-refractivity contribution in [1.82, 2.24) is 19.8 Å². The molecule has 0 aliphatic carbocycles. The summed E-state index contributed by atoms with van der Waals surface area (Å²) in [5, 5.41) is 7.56. The van der Waals surface area contributed by atoms with Gasteiger partial charge in [0.25, 0.3) is 6.47 Å². The highest BCUT2D eigenvalue weighted by atomic mass is 35.5. The monoisotopic (exact) mass is 511 g/mol. The van der Waals surface area contributed by atoms with Crippen molar-refractivity contribution in [1.29, 1.82) is 0 Å². The lowest BCUT2D eigenvalue weighted by molar-refractivity contribution is -0.136. The molecular formula is C27H34ClN5O3. The third-order valence-electron chi connectivity index (χ3n) is 7.24. The van der Waals surface area contributed by atoms with Crippen LogP contribution in [0.3, 0.4) is 0 Å². The molecule has 3 aromatic rings. The van der Waals surface area contributed by atoms with Crippen molar-refractivity contribution in [2.45, 2.75) is 32.2 Å². The lowest BCUT2D eigenvalue weighted by Crippen LogP contribution is -2.47. The molecule has 2 N–H and O–H groups in total. The zero-order valence-corrected chi connectivity index (χ0v) is 21.8. The van der Waals surface area contributed by atoms with Gasteiger partial charge in [-0.25, -0.2) is 4.98 Å². The molecule has 1 amide bonds. The van der Waals surface area contributed by atoms with Crippen LogP contribution in [0.5, 0.6) is 0 Å².